The Morgan fingerprint density at radius 2 is 1.00 bits per heavy atom. The van der Waals surface area contributed by atoms with Crippen LogP contribution in [0.4, 0.5) is 0 Å². The maximum atomic E-state index is 11.5. The first-order valence-electron chi connectivity index (χ1n) is 12.7. The number of aromatic amines is 2. The molecule has 38 heavy (non-hydrogen) atoms. The molecule has 4 rings (SSSR count). The number of aryl methyl sites for hydroxylation is 3. The topological polar surface area (TPSA) is 99.9 Å². The molecule has 0 unspecified atom stereocenters. The van der Waals surface area contributed by atoms with E-state index in [0.29, 0.717) is 11.3 Å². The molecule has 2 heterocycles. The number of rotatable bonds is 2. The number of benzene rings is 2. The SMILES string of the molecule is C.CC.CC.CC.CC.Cc1[nH]c2ccccc2c1C.Cc1[nH]c2ccccc2c1C(=O)C(=O)Cl.O=C=O. The summed E-state index contributed by atoms with van der Waals surface area (Å²) in [5, 5.41) is 1.11. The first-order chi connectivity index (χ1) is 17.8. The van der Waals surface area contributed by atoms with Crippen molar-refractivity contribution in [3.63, 3.8) is 0 Å². The zero-order chi connectivity index (χ0) is 29.6. The molecule has 2 aromatic carbocycles. The van der Waals surface area contributed by atoms with E-state index in [4.69, 9.17) is 21.2 Å². The van der Waals surface area contributed by atoms with Crippen molar-refractivity contribution in [3.8, 4) is 0 Å². The van der Waals surface area contributed by atoms with E-state index in [-0.39, 0.29) is 13.6 Å². The van der Waals surface area contributed by atoms with Gasteiger partial charge in [0.05, 0.1) is 5.56 Å². The highest BCUT2D eigenvalue weighted by Crippen LogP contribution is 2.23. The number of fused-ring (bicyclic) bond motifs is 2. The Balaban J connectivity index is -0.000000222. The highest BCUT2D eigenvalue weighted by molar-refractivity contribution is 6.83. The van der Waals surface area contributed by atoms with Gasteiger partial charge in [-0.2, -0.15) is 9.59 Å². The van der Waals surface area contributed by atoms with Crippen molar-refractivity contribution in [1.82, 2.24) is 9.97 Å². The summed E-state index contributed by atoms with van der Waals surface area (Å²) in [6.45, 7) is 22.0. The van der Waals surface area contributed by atoms with Crippen LogP contribution in [0.2, 0.25) is 0 Å². The lowest BCUT2D eigenvalue weighted by Gasteiger charge is -1.94. The van der Waals surface area contributed by atoms with E-state index in [2.05, 4.69) is 48.1 Å². The molecule has 0 spiro atoms. The van der Waals surface area contributed by atoms with E-state index in [1.165, 1.54) is 22.2 Å². The molecule has 0 aliphatic rings. The molecule has 2 aromatic heterocycles. The van der Waals surface area contributed by atoms with Crippen LogP contribution in [0, 0.1) is 20.8 Å². The number of carbonyl (C=O) groups excluding carboxylic acids is 4. The van der Waals surface area contributed by atoms with Crippen LogP contribution in [0.5, 0.6) is 0 Å². The summed E-state index contributed by atoms with van der Waals surface area (Å²) >= 11 is 5.19. The van der Waals surface area contributed by atoms with Gasteiger partial charge in [0.1, 0.15) is 0 Å². The fourth-order valence-electron chi connectivity index (χ4n) is 3.08. The number of hydrogen-bond acceptors (Lipinski definition) is 4. The lowest BCUT2D eigenvalue weighted by molar-refractivity contribution is -0.191. The minimum absolute atomic E-state index is 0. The quantitative estimate of drug-likeness (QED) is 0.148. The molecule has 4 aromatic rings. The van der Waals surface area contributed by atoms with Gasteiger partial charge in [-0.15, -0.1) is 0 Å². The number of carbonyl (C=O) groups is 2. The molecule has 0 aliphatic carbocycles. The predicted molar refractivity (Wildman–Crippen MR) is 163 cm³/mol. The lowest BCUT2D eigenvalue weighted by Crippen LogP contribution is -2.08. The van der Waals surface area contributed by atoms with Crippen molar-refractivity contribution in [2.75, 3.05) is 0 Å². The lowest BCUT2D eigenvalue weighted by atomic mass is 10.1. The monoisotopic (exact) mass is 546 g/mol. The van der Waals surface area contributed by atoms with Crippen molar-refractivity contribution in [2.24, 2.45) is 0 Å². The summed E-state index contributed by atoms with van der Waals surface area (Å²) < 4.78 is 0. The number of halogens is 1. The summed E-state index contributed by atoms with van der Waals surface area (Å²) in [4.78, 5) is 45.0. The van der Waals surface area contributed by atoms with Gasteiger partial charge < -0.3 is 9.97 Å². The molecule has 0 aliphatic heterocycles. The minimum atomic E-state index is -0.956. The van der Waals surface area contributed by atoms with Crippen molar-refractivity contribution in [2.45, 2.75) is 83.6 Å². The number of H-pyrrole nitrogens is 2. The molecular formula is C31H47ClN2O4. The maximum Gasteiger partial charge on any atom is 0.373 e. The second kappa shape index (κ2) is 25.2. The number of aromatic nitrogens is 2. The molecule has 0 atom stereocenters. The first kappa shape index (κ1) is 41.6. The van der Waals surface area contributed by atoms with Gasteiger partial charge in [0.2, 0.25) is 5.78 Å². The van der Waals surface area contributed by atoms with E-state index in [1.807, 2.05) is 73.6 Å². The number of ketones is 1. The smallest absolute Gasteiger partial charge is 0.358 e. The third-order valence-corrected chi connectivity index (χ3v) is 4.69. The standard InChI is InChI=1S/C11H8ClNO2.C10H11N.4C2H6.CO2.CH4/c1-6-9(10(14)11(12)15)7-4-2-3-5-8(7)13-6;1-7-8(2)11-10-6-4-3-5-9(7)10;4*1-2;2-1-3;/h2-5,13H,1H3;3-6,11H,1-2H3;4*1-2H3;;1H4. The Morgan fingerprint density at radius 3 is 1.39 bits per heavy atom. The zero-order valence-corrected chi connectivity index (χ0v) is 24.9. The van der Waals surface area contributed by atoms with Gasteiger partial charge in [0.15, 0.2) is 0 Å². The van der Waals surface area contributed by atoms with E-state index < -0.39 is 11.0 Å². The highest BCUT2D eigenvalue weighted by Gasteiger charge is 2.20. The molecule has 0 bridgehead atoms. The van der Waals surface area contributed by atoms with Crippen LogP contribution in [0.1, 0.15) is 90.1 Å². The van der Waals surface area contributed by atoms with Crippen LogP contribution in [0.3, 0.4) is 0 Å². The number of hydrogen-bond donors (Lipinski definition) is 2. The van der Waals surface area contributed by atoms with Gasteiger partial charge in [-0.25, -0.2) is 0 Å². The fourth-order valence-corrected chi connectivity index (χ4v) is 3.18. The Kier molecular flexibility index (Phi) is 27.6. The normalized spacial score (nSPS) is 8.11. The largest absolute Gasteiger partial charge is 0.373 e. The van der Waals surface area contributed by atoms with Crippen molar-refractivity contribution in [3.05, 3.63) is 71.0 Å². The highest BCUT2D eigenvalue weighted by atomic mass is 35.5. The van der Waals surface area contributed by atoms with E-state index in [9.17, 15) is 9.59 Å². The second-order valence-electron chi connectivity index (χ2n) is 6.28. The molecular weight excluding hydrogens is 500 g/mol. The summed E-state index contributed by atoms with van der Waals surface area (Å²) in [6.07, 6.45) is 0.250. The minimum Gasteiger partial charge on any atom is -0.358 e. The average molecular weight is 547 g/mol. The number of nitrogens with one attached hydrogen (secondary N) is 2. The average Bonchev–Trinajstić information content (AvgIpc) is 3.43. The summed E-state index contributed by atoms with van der Waals surface area (Å²) in [5.41, 5.74) is 5.73. The van der Waals surface area contributed by atoms with Gasteiger partial charge in [-0.1, -0.05) is 99.2 Å². The van der Waals surface area contributed by atoms with Crippen LogP contribution < -0.4 is 0 Å². The third kappa shape index (κ3) is 12.7. The Bertz CT molecular complexity index is 1220. The number of Topliss-reactive ketones (excluding diaryl/α,β-unsaturated/α-hetero) is 1. The summed E-state index contributed by atoms with van der Waals surface area (Å²) in [5.74, 6) is -0.661. The number of para-hydroxylation sites is 2. The maximum absolute atomic E-state index is 11.5. The van der Waals surface area contributed by atoms with Gasteiger partial charge in [-0.3, -0.25) is 9.59 Å². The molecule has 0 radical (unpaired) electrons. The van der Waals surface area contributed by atoms with E-state index in [1.54, 1.807) is 13.0 Å². The fraction of sp³-hybridized carbons (Fsp3) is 0.387. The molecule has 0 fully saturated rings. The van der Waals surface area contributed by atoms with Gasteiger partial charge >= 0.3 is 6.15 Å². The molecule has 6 nitrogen and oxygen atoms in total. The molecule has 0 saturated heterocycles. The molecule has 212 valence electrons. The molecule has 0 amide bonds. The van der Waals surface area contributed by atoms with Crippen molar-refractivity contribution < 1.29 is 19.2 Å². The summed E-state index contributed by atoms with van der Waals surface area (Å²) in [7, 11) is 0. The van der Waals surface area contributed by atoms with Gasteiger partial charge in [-0.05, 0) is 50.1 Å². The van der Waals surface area contributed by atoms with Crippen LogP contribution >= 0.6 is 11.6 Å². The Hall–Kier alpha value is -3.47. The van der Waals surface area contributed by atoms with Gasteiger partial charge in [0, 0.05) is 33.2 Å². The summed E-state index contributed by atoms with van der Waals surface area (Å²) in [6, 6.07) is 15.7. The Morgan fingerprint density at radius 1 is 0.658 bits per heavy atom. The van der Waals surface area contributed by atoms with Crippen LogP contribution in [0.25, 0.3) is 21.8 Å². The third-order valence-electron chi connectivity index (χ3n) is 4.51. The van der Waals surface area contributed by atoms with Crippen LogP contribution in [-0.2, 0) is 14.4 Å². The van der Waals surface area contributed by atoms with E-state index >= 15 is 0 Å². The predicted octanol–water partition coefficient (Wildman–Crippen LogP) is 9.37. The zero-order valence-electron chi connectivity index (χ0n) is 24.1. The second-order valence-corrected chi connectivity index (χ2v) is 6.62. The van der Waals surface area contributed by atoms with Crippen molar-refractivity contribution in [1.29, 1.82) is 0 Å². The van der Waals surface area contributed by atoms with Crippen LogP contribution in [0.15, 0.2) is 48.5 Å². The first-order valence-corrected chi connectivity index (χ1v) is 13.0. The van der Waals surface area contributed by atoms with E-state index in [0.717, 1.165) is 10.9 Å². The molecule has 0 saturated carbocycles. The van der Waals surface area contributed by atoms with Gasteiger partial charge in [0.25, 0.3) is 5.24 Å². The van der Waals surface area contributed by atoms with Crippen molar-refractivity contribution >= 4 is 50.6 Å². The molecule has 7 heteroatoms. The molecule has 2 N–H and O–H groups in total. The Labute approximate surface area is 234 Å². The van der Waals surface area contributed by atoms with Crippen LogP contribution in [-0.4, -0.2) is 27.1 Å².